The molecule has 218 valence electrons. The number of pyridine rings is 1. The minimum Gasteiger partial charge on any atom is -0.471 e. The third kappa shape index (κ3) is 5.44. The van der Waals surface area contributed by atoms with E-state index in [0.717, 1.165) is 17.2 Å². The van der Waals surface area contributed by atoms with Gasteiger partial charge in [0.15, 0.2) is 12.4 Å². The molecule has 14 heteroatoms. The first-order valence-corrected chi connectivity index (χ1v) is 13.6. The van der Waals surface area contributed by atoms with Crippen LogP contribution in [0, 0.1) is 20.8 Å². The van der Waals surface area contributed by atoms with Crippen LogP contribution < -0.4 is 15.8 Å². The standard InChI is InChI=1S/C28H26F3N7O3S/c1-5-38-16(4)18(12-33-38)17-11-21(28(29,30)31)34-27-22(17)23(24(42-27)25(32)39)35-26(40)19-8-9-37(36-19)13-41-20-7-6-14(2)10-15(20)3/h6-12H,5,13H2,1-4H3,(H2,32,39)(H,35,40). The first-order chi connectivity index (χ1) is 19.9. The highest BCUT2D eigenvalue weighted by Gasteiger charge is 2.35. The van der Waals surface area contributed by atoms with Crippen LogP contribution in [0.25, 0.3) is 21.3 Å². The summed E-state index contributed by atoms with van der Waals surface area (Å²) in [6.07, 6.45) is -1.77. The zero-order chi connectivity index (χ0) is 30.3. The van der Waals surface area contributed by atoms with Gasteiger partial charge < -0.3 is 15.8 Å². The molecule has 0 radical (unpaired) electrons. The van der Waals surface area contributed by atoms with Crippen molar-refractivity contribution in [1.82, 2.24) is 24.5 Å². The number of ether oxygens (including phenoxy) is 1. The summed E-state index contributed by atoms with van der Waals surface area (Å²) in [5.74, 6) is -0.964. The lowest BCUT2D eigenvalue weighted by Crippen LogP contribution is -2.18. The Morgan fingerprint density at radius 1 is 1.12 bits per heavy atom. The Morgan fingerprint density at radius 2 is 1.88 bits per heavy atom. The molecule has 0 saturated heterocycles. The van der Waals surface area contributed by atoms with Crippen molar-refractivity contribution >= 4 is 39.1 Å². The number of nitrogens with zero attached hydrogens (tertiary/aromatic N) is 5. The van der Waals surface area contributed by atoms with Crippen LogP contribution in [0.15, 0.2) is 42.7 Å². The molecule has 0 aliphatic heterocycles. The SMILES string of the molecule is CCn1ncc(-c2cc(C(F)(F)F)nc3sc(C(N)=O)c(NC(=O)c4ccn(COc5ccc(C)cc5C)n4)c23)c1C. The summed E-state index contributed by atoms with van der Waals surface area (Å²) in [6.45, 7) is 7.98. The van der Waals surface area contributed by atoms with E-state index in [1.807, 2.05) is 39.0 Å². The molecule has 0 aliphatic rings. The van der Waals surface area contributed by atoms with Crippen molar-refractivity contribution in [2.24, 2.45) is 5.73 Å². The zero-order valence-corrected chi connectivity index (χ0v) is 23.9. The molecule has 0 spiro atoms. The topological polar surface area (TPSA) is 130 Å². The second-order valence-corrected chi connectivity index (χ2v) is 10.6. The Labute approximate surface area is 241 Å². The number of benzene rings is 1. The number of alkyl halides is 3. The Balaban J connectivity index is 1.53. The second-order valence-electron chi connectivity index (χ2n) is 9.60. The molecular weight excluding hydrogens is 571 g/mol. The molecule has 42 heavy (non-hydrogen) atoms. The van der Waals surface area contributed by atoms with Crippen molar-refractivity contribution in [2.75, 3.05) is 5.32 Å². The molecule has 0 fully saturated rings. The number of hydrogen-bond acceptors (Lipinski definition) is 7. The number of rotatable bonds is 8. The second kappa shape index (κ2) is 10.9. The highest BCUT2D eigenvalue weighted by Crippen LogP contribution is 2.44. The molecule has 4 heterocycles. The molecule has 0 aliphatic carbocycles. The van der Waals surface area contributed by atoms with Gasteiger partial charge in [-0.15, -0.1) is 11.3 Å². The molecule has 10 nitrogen and oxygen atoms in total. The predicted molar refractivity (Wildman–Crippen MR) is 151 cm³/mol. The molecule has 5 rings (SSSR count). The summed E-state index contributed by atoms with van der Waals surface area (Å²) >= 11 is 0.667. The van der Waals surface area contributed by atoms with Gasteiger partial charge in [0.2, 0.25) is 0 Å². The van der Waals surface area contributed by atoms with Gasteiger partial charge in [0.1, 0.15) is 21.2 Å². The van der Waals surface area contributed by atoms with Crippen LogP contribution in [-0.2, 0) is 19.5 Å². The average molecular weight is 598 g/mol. The van der Waals surface area contributed by atoms with Crippen molar-refractivity contribution in [2.45, 2.75) is 47.1 Å². The number of carbonyl (C=O) groups excluding carboxylic acids is 2. The predicted octanol–water partition coefficient (Wildman–Crippen LogP) is 5.71. The summed E-state index contributed by atoms with van der Waals surface area (Å²) in [5.41, 5.74) is 7.54. The number of anilines is 1. The van der Waals surface area contributed by atoms with Crippen LogP contribution in [0.5, 0.6) is 5.75 Å². The van der Waals surface area contributed by atoms with Crippen LogP contribution in [0.1, 0.15) is 49.6 Å². The van der Waals surface area contributed by atoms with Gasteiger partial charge in [-0.1, -0.05) is 17.7 Å². The third-order valence-corrected chi connectivity index (χ3v) is 7.76. The largest absolute Gasteiger partial charge is 0.471 e. The van der Waals surface area contributed by atoms with Gasteiger partial charge in [-0.05, 0) is 57.0 Å². The number of nitrogens with one attached hydrogen (secondary N) is 1. The number of thiophene rings is 1. The van der Waals surface area contributed by atoms with E-state index in [4.69, 9.17) is 10.5 Å². The van der Waals surface area contributed by atoms with Crippen molar-refractivity contribution in [3.8, 4) is 16.9 Å². The molecule has 0 atom stereocenters. The fourth-order valence-electron chi connectivity index (χ4n) is 4.61. The van der Waals surface area contributed by atoms with E-state index < -0.39 is 23.7 Å². The molecule has 3 N–H and O–H groups in total. The Hall–Kier alpha value is -4.72. The van der Waals surface area contributed by atoms with E-state index in [0.29, 0.717) is 34.9 Å². The minimum atomic E-state index is -4.76. The Morgan fingerprint density at radius 3 is 2.52 bits per heavy atom. The van der Waals surface area contributed by atoms with Crippen LogP contribution >= 0.6 is 11.3 Å². The number of fused-ring (bicyclic) bond motifs is 1. The maximum atomic E-state index is 13.8. The lowest BCUT2D eigenvalue weighted by molar-refractivity contribution is -0.140. The number of carbonyl (C=O) groups is 2. The Bertz CT molecular complexity index is 1840. The van der Waals surface area contributed by atoms with Gasteiger partial charge in [-0.2, -0.15) is 23.4 Å². The first kappa shape index (κ1) is 28.8. The number of primary amides is 1. The van der Waals surface area contributed by atoms with Gasteiger partial charge in [0, 0.05) is 29.4 Å². The quantitative estimate of drug-likeness (QED) is 0.236. The number of hydrogen-bond donors (Lipinski definition) is 2. The van der Waals surface area contributed by atoms with E-state index in [2.05, 4.69) is 20.5 Å². The molecule has 2 amide bonds. The molecule has 4 aromatic heterocycles. The lowest BCUT2D eigenvalue weighted by Gasteiger charge is -2.12. The highest BCUT2D eigenvalue weighted by molar-refractivity contribution is 7.21. The summed E-state index contributed by atoms with van der Waals surface area (Å²) < 4.78 is 50.4. The summed E-state index contributed by atoms with van der Waals surface area (Å²) in [6, 6.07) is 8.08. The van der Waals surface area contributed by atoms with Crippen molar-refractivity contribution in [3.05, 3.63) is 75.8 Å². The van der Waals surface area contributed by atoms with Crippen LogP contribution in [0.3, 0.4) is 0 Å². The number of amides is 2. The van der Waals surface area contributed by atoms with E-state index >= 15 is 0 Å². The van der Waals surface area contributed by atoms with Crippen molar-refractivity contribution in [3.63, 3.8) is 0 Å². The lowest BCUT2D eigenvalue weighted by atomic mass is 10.0. The summed E-state index contributed by atoms with van der Waals surface area (Å²) in [4.78, 5) is 29.2. The highest BCUT2D eigenvalue weighted by atomic mass is 32.1. The smallest absolute Gasteiger partial charge is 0.433 e. The Kier molecular flexibility index (Phi) is 7.49. The molecule has 0 bridgehead atoms. The van der Waals surface area contributed by atoms with Gasteiger partial charge in [0.25, 0.3) is 11.8 Å². The minimum absolute atomic E-state index is 0.00889. The van der Waals surface area contributed by atoms with E-state index in [1.165, 1.54) is 16.9 Å². The molecule has 0 saturated carbocycles. The number of aromatic nitrogens is 5. The molecular formula is C28H26F3N7O3S. The fourth-order valence-corrected chi connectivity index (χ4v) is 5.61. The average Bonchev–Trinajstić information content (AvgIpc) is 3.64. The summed E-state index contributed by atoms with van der Waals surface area (Å²) in [5, 5.41) is 11.3. The molecule has 0 unspecified atom stereocenters. The number of nitrogens with two attached hydrogens (primary N) is 1. The van der Waals surface area contributed by atoms with E-state index in [1.54, 1.807) is 17.8 Å². The van der Waals surface area contributed by atoms with Crippen LogP contribution in [0.4, 0.5) is 18.9 Å². The van der Waals surface area contributed by atoms with Gasteiger partial charge in [-0.25, -0.2) is 9.67 Å². The monoisotopic (exact) mass is 597 g/mol. The van der Waals surface area contributed by atoms with Crippen LogP contribution in [-0.4, -0.2) is 36.4 Å². The maximum Gasteiger partial charge on any atom is 0.433 e. The van der Waals surface area contributed by atoms with Gasteiger partial charge >= 0.3 is 6.18 Å². The number of halogens is 3. The first-order valence-electron chi connectivity index (χ1n) is 12.8. The zero-order valence-electron chi connectivity index (χ0n) is 23.0. The van der Waals surface area contributed by atoms with E-state index in [-0.39, 0.29) is 38.8 Å². The third-order valence-electron chi connectivity index (χ3n) is 6.66. The maximum absolute atomic E-state index is 13.8. The van der Waals surface area contributed by atoms with Crippen molar-refractivity contribution in [1.29, 1.82) is 0 Å². The van der Waals surface area contributed by atoms with Crippen molar-refractivity contribution < 1.29 is 27.5 Å². The van der Waals surface area contributed by atoms with E-state index in [9.17, 15) is 22.8 Å². The molecule has 1 aromatic carbocycles. The summed E-state index contributed by atoms with van der Waals surface area (Å²) in [7, 11) is 0. The molecule has 5 aromatic rings. The van der Waals surface area contributed by atoms with Gasteiger partial charge in [0.05, 0.1) is 11.9 Å². The normalized spacial score (nSPS) is 11.7. The van der Waals surface area contributed by atoms with Crippen LogP contribution in [0.2, 0.25) is 0 Å². The number of aryl methyl sites for hydroxylation is 3. The van der Waals surface area contributed by atoms with Gasteiger partial charge in [-0.3, -0.25) is 14.3 Å². The fraction of sp³-hybridized carbons (Fsp3) is 0.250.